The van der Waals surface area contributed by atoms with Crippen LogP contribution in [0.25, 0.3) is 0 Å². The van der Waals surface area contributed by atoms with E-state index in [1.54, 1.807) is 6.07 Å². The van der Waals surface area contributed by atoms with Crippen molar-refractivity contribution in [2.45, 2.75) is 19.1 Å². The van der Waals surface area contributed by atoms with Crippen LogP contribution in [0.5, 0.6) is 0 Å². The number of carbonyl (C=O) groups excluding carboxylic acids is 1. The molecular formula is C13H14N2O3S. The topological polar surface area (TPSA) is 69.6 Å². The van der Waals surface area contributed by atoms with E-state index >= 15 is 0 Å². The molecule has 0 aromatic heterocycles. The Kier molecular flexibility index (Phi) is 3.20. The maximum absolute atomic E-state index is 12.4. The van der Waals surface area contributed by atoms with E-state index in [0.717, 1.165) is 18.7 Å². The molecular weight excluding hydrogens is 264 g/mol. The van der Waals surface area contributed by atoms with E-state index in [2.05, 4.69) is 5.32 Å². The minimum Gasteiger partial charge on any atom is -0.480 e. The van der Waals surface area contributed by atoms with Gasteiger partial charge in [0.2, 0.25) is 0 Å². The normalized spacial score (nSPS) is 21.5. The molecule has 1 aromatic carbocycles. The third kappa shape index (κ3) is 2.21. The molecule has 0 bridgehead atoms. The van der Waals surface area contributed by atoms with Gasteiger partial charge in [-0.25, -0.2) is 4.79 Å². The molecule has 1 atom stereocenters. The number of carbonyl (C=O) groups is 2. The van der Waals surface area contributed by atoms with Crippen LogP contribution >= 0.6 is 11.8 Å². The molecule has 19 heavy (non-hydrogen) atoms. The largest absolute Gasteiger partial charge is 0.480 e. The summed E-state index contributed by atoms with van der Waals surface area (Å²) in [4.78, 5) is 24.9. The van der Waals surface area contributed by atoms with E-state index in [4.69, 9.17) is 5.11 Å². The van der Waals surface area contributed by atoms with Crippen LogP contribution in [0.1, 0.15) is 21.5 Å². The third-order valence-electron chi connectivity index (χ3n) is 3.51. The van der Waals surface area contributed by atoms with Crippen LogP contribution in [0.2, 0.25) is 0 Å². The zero-order valence-corrected chi connectivity index (χ0v) is 11.1. The Morgan fingerprint density at radius 3 is 2.89 bits per heavy atom. The van der Waals surface area contributed by atoms with E-state index in [0.29, 0.717) is 17.2 Å². The molecule has 1 saturated heterocycles. The SMILES string of the molecule is O=C(O)[C@@H]1CSCN1C(=O)c1ccc2c(c1)CNC2. The van der Waals surface area contributed by atoms with E-state index in [9.17, 15) is 9.59 Å². The molecule has 1 amide bonds. The second-order valence-electron chi connectivity index (χ2n) is 4.72. The Hall–Kier alpha value is -1.53. The van der Waals surface area contributed by atoms with Gasteiger partial charge in [-0.2, -0.15) is 0 Å². The van der Waals surface area contributed by atoms with Crippen LogP contribution in [-0.2, 0) is 17.9 Å². The molecule has 1 fully saturated rings. The van der Waals surface area contributed by atoms with Crippen molar-refractivity contribution in [2.75, 3.05) is 11.6 Å². The molecule has 5 nitrogen and oxygen atoms in total. The van der Waals surface area contributed by atoms with Crippen LogP contribution < -0.4 is 5.32 Å². The van der Waals surface area contributed by atoms with Crippen LogP contribution in [0.4, 0.5) is 0 Å². The lowest BCUT2D eigenvalue weighted by molar-refractivity contribution is -0.140. The third-order valence-corrected chi connectivity index (χ3v) is 4.52. The van der Waals surface area contributed by atoms with Gasteiger partial charge in [-0.1, -0.05) is 6.07 Å². The zero-order chi connectivity index (χ0) is 13.4. The molecule has 2 aliphatic rings. The molecule has 100 valence electrons. The number of rotatable bonds is 2. The van der Waals surface area contributed by atoms with Gasteiger partial charge in [0.15, 0.2) is 0 Å². The molecule has 2 aliphatic heterocycles. The van der Waals surface area contributed by atoms with Crippen molar-refractivity contribution in [2.24, 2.45) is 0 Å². The van der Waals surface area contributed by atoms with Crippen LogP contribution in [0.15, 0.2) is 18.2 Å². The summed E-state index contributed by atoms with van der Waals surface area (Å²) in [5.74, 6) is -0.202. The van der Waals surface area contributed by atoms with Gasteiger partial charge >= 0.3 is 5.97 Å². The lowest BCUT2D eigenvalue weighted by Crippen LogP contribution is -2.41. The van der Waals surface area contributed by atoms with E-state index in [1.165, 1.54) is 22.2 Å². The monoisotopic (exact) mass is 278 g/mol. The van der Waals surface area contributed by atoms with Crippen molar-refractivity contribution >= 4 is 23.6 Å². The summed E-state index contributed by atoms with van der Waals surface area (Å²) < 4.78 is 0. The van der Waals surface area contributed by atoms with Crippen molar-refractivity contribution in [1.82, 2.24) is 10.2 Å². The molecule has 0 radical (unpaired) electrons. The Morgan fingerprint density at radius 2 is 2.11 bits per heavy atom. The van der Waals surface area contributed by atoms with E-state index in [1.807, 2.05) is 12.1 Å². The number of benzene rings is 1. The van der Waals surface area contributed by atoms with Crippen LogP contribution in [0.3, 0.4) is 0 Å². The first-order valence-corrected chi connectivity index (χ1v) is 7.26. The van der Waals surface area contributed by atoms with Crippen molar-refractivity contribution in [3.8, 4) is 0 Å². The number of aliphatic carboxylic acids is 1. The first-order chi connectivity index (χ1) is 9.16. The number of carboxylic acid groups (broad SMARTS) is 1. The second kappa shape index (κ2) is 4.86. The van der Waals surface area contributed by atoms with Gasteiger partial charge < -0.3 is 15.3 Å². The highest BCUT2D eigenvalue weighted by molar-refractivity contribution is 7.99. The van der Waals surface area contributed by atoms with Gasteiger partial charge in [0.25, 0.3) is 5.91 Å². The van der Waals surface area contributed by atoms with Gasteiger partial charge in [0.1, 0.15) is 6.04 Å². The standard InChI is InChI=1S/C13H14N2O3S/c16-12(15-7-19-6-11(15)13(17)18)8-1-2-9-4-14-5-10(9)3-8/h1-3,11,14H,4-7H2,(H,17,18)/t11-/m0/s1. The van der Waals surface area contributed by atoms with Crippen molar-refractivity contribution in [3.05, 3.63) is 34.9 Å². The van der Waals surface area contributed by atoms with Crippen molar-refractivity contribution < 1.29 is 14.7 Å². The zero-order valence-electron chi connectivity index (χ0n) is 10.3. The fourth-order valence-electron chi connectivity index (χ4n) is 2.44. The van der Waals surface area contributed by atoms with E-state index < -0.39 is 12.0 Å². The Labute approximate surface area is 115 Å². The van der Waals surface area contributed by atoms with Gasteiger partial charge in [-0.05, 0) is 23.3 Å². The molecule has 0 spiro atoms. The summed E-state index contributed by atoms with van der Waals surface area (Å²) >= 11 is 1.48. The number of nitrogens with one attached hydrogen (secondary N) is 1. The van der Waals surface area contributed by atoms with E-state index in [-0.39, 0.29) is 5.91 Å². The summed E-state index contributed by atoms with van der Waals surface area (Å²) in [5.41, 5.74) is 2.92. The minimum atomic E-state index is -0.929. The second-order valence-corrected chi connectivity index (χ2v) is 5.72. The average Bonchev–Trinajstić information content (AvgIpc) is 3.05. The number of hydrogen-bond donors (Lipinski definition) is 2. The highest BCUT2D eigenvalue weighted by atomic mass is 32.2. The predicted octanol–water partition coefficient (Wildman–Crippen LogP) is 0.889. The van der Waals surface area contributed by atoms with Crippen LogP contribution in [-0.4, -0.2) is 39.6 Å². The van der Waals surface area contributed by atoms with Gasteiger partial charge in [-0.3, -0.25) is 4.79 Å². The number of thioether (sulfide) groups is 1. The fraction of sp³-hybridized carbons (Fsp3) is 0.385. The average molecular weight is 278 g/mol. The number of hydrogen-bond acceptors (Lipinski definition) is 4. The highest BCUT2D eigenvalue weighted by Gasteiger charge is 2.35. The number of fused-ring (bicyclic) bond motifs is 1. The Balaban J connectivity index is 1.85. The first-order valence-electron chi connectivity index (χ1n) is 6.11. The quantitative estimate of drug-likeness (QED) is 0.841. The predicted molar refractivity (Wildman–Crippen MR) is 71.9 cm³/mol. The summed E-state index contributed by atoms with van der Waals surface area (Å²) in [6.07, 6.45) is 0. The maximum atomic E-state index is 12.4. The number of amides is 1. The first kappa shape index (κ1) is 12.5. The van der Waals surface area contributed by atoms with Crippen molar-refractivity contribution in [1.29, 1.82) is 0 Å². The van der Waals surface area contributed by atoms with Gasteiger partial charge in [-0.15, -0.1) is 11.8 Å². The Bertz CT molecular complexity index is 547. The molecule has 2 N–H and O–H groups in total. The molecule has 1 aromatic rings. The van der Waals surface area contributed by atoms with Crippen LogP contribution in [0, 0.1) is 0 Å². The van der Waals surface area contributed by atoms with Crippen molar-refractivity contribution in [3.63, 3.8) is 0 Å². The molecule has 0 unspecified atom stereocenters. The summed E-state index contributed by atoms with van der Waals surface area (Å²) in [6.45, 7) is 1.61. The maximum Gasteiger partial charge on any atom is 0.327 e. The molecule has 0 saturated carbocycles. The number of nitrogens with zero attached hydrogens (tertiary/aromatic N) is 1. The molecule has 6 heteroatoms. The molecule has 2 heterocycles. The molecule has 0 aliphatic carbocycles. The minimum absolute atomic E-state index is 0.188. The lowest BCUT2D eigenvalue weighted by atomic mass is 10.1. The summed E-state index contributed by atoms with van der Waals surface area (Å²) in [7, 11) is 0. The smallest absolute Gasteiger partial charge is 0.327 e. The summed E-state index contributed by atoms with van der Waals surface area (Å²) in [5, 5.41) is 12.3. The fourth-order valence-corrected chi connectivity index (χ4v) is 3.59. The summed E-state index contributed by atoms with van der Waals surface area (Å²) in [6, 6.07) is 4.90. The highest BCUT2D eigenvalue weighted by Crippen LogP contribution is 2.25. The Morgan fingerprint density at radius 1 is 1.32 bits per heavy atom. The van der Waals surface area contributed by atoms with Gasteiger partial charge in [0.05, 0.1) is 5.88 Å². The molecule has 3 rings (SSSR count). The number of carboxylic acids is 1. The van der Waals surface area contributed by atoms with Gasteiger partial charge in [0, 0.05) is 24.4 Å². The lowest BCUT2D eigenvalue weighted by Gasteiger charge is -2.20.